The number of hydrogen-bond donors (Lipinski definition) is 1. The molecular weight excluding hydrogens is 394 g/mol. The maximum absolute atomic E-state index is 6.00. The molecule has 3 nitrogen and oxygen atoms in total. The van der Waals surface area contributed by atoms with Crippen LogP contribution in [0, 0.1) is 12.3 Å². The fourth-order valence-electron chi connectivity index (χ4n) is 3.94. The van der Waals surface area contributed by atoms with Crippen LogP contribution in [0.5, 0.6) is 17.2 Å². The van der Waals surface area contributed by atoms with E-state index in [0.717, 1.165) is 35.1 Å². The molecule has 0 aliphatic heterocycles. The fraction of sp³-hybridized carbons (Fsp3) is 0.241. The number of rotatable bonds is 6. The molecule has 0 spiro atoms. The zero-order valence-corrected chi connectivity index (χ0v) is 19.3. The van der Waals surface area contributed by atoms with Crippen molar-refractivity contribution in [3.05, 3.63) is 108 Å². The van der Waals surface area contributed by atoms with Gasteiger partial charge < -0.3 is 15.2 Å². The van der Waals surface area contributed by atoms with Gasteiger partial charge in [-0.15, -0.1) is 0 Å². The molecule has 2 N–H and O–H groups in total. The van der Waals surface area contributed by atoms with E-state index in [4.69, 9.17) is 15.2 Å². The second kappa shape index (κ2) is 8.58. The van der Waals surface area contributed by atoms with Gasteiger partial charge in [0.25, 0.3) is 0 Å². The third-order valence-corrected chi connectivity index (χ3v) is 6.72. The van der Waals surface area contributed by atoms with Crippen molar-refractivity contribution in [2.24, 2.45) is 5.41 Å². The highest BCUT2D eigenvalue weighted by Crippen LogP contribution is 2.47. The van der Waals surface area contributed by atoms with Crippen LogP contribution in [-0.4, -0.2) is 0 Å². The first-order valence-corrected chi connectivity index (χ1v) is 11.0. The van der Waals surface area contributed by atoms with E-state index in [1.54, 1.807) is 0 Å². The van der Waals surface area contributed by atoms with Crippen molar-refractivity contribution in [1.29, 1.82) is 0 Å². The molecule has 4 rings (SSSR count). The highest BCUT2D eigenvalue weighted by molar-refractivity contribution is 5.43. The summed E-state index contributed by atoms with van der Waals surface area (Å²) >= 11 is 0. The number of anilines is 1. The summed E-state index contributed by atoms with van der Waals surface area (Å²) in [6.07, 6.45) is 7.42. The number of benzene rings is 3. The maximum Gasteiger partial charge on any atom is 0.127 e. The van der Waals surface area contributed by atoms with Crippen molar-refractivity contribution < 1.29 is 9.47 Å². The molecule has 0 fully saturated rings. The second-order valence-electron chi connectivity index (χ2n) is 9.30. The molecule has 3 aromatic rings. The van der Waals surface area contributed by atoms with Crippen molar-refractivity contribution in [3.8, 4) is 17.2 Å². The average molecular weight is 426 g/mol. The Balaban J connectivity index is 1.45. The van der Waals surface area contributed by atoms with Crippen molar-refractivity contribution in [3.63, 3.8) is 0 Å². The molecular formula is C29H31NO2. The Hall–Kier alpha value is -3.46. The van der Waals surface area contributed by atoms with Crippen LogP contribution in [0.1, 0.15) is 38.3 Å². The normalized spacial score (nSPS) is 18.2. The molecule has 32 heavy (non-hydrogen) atoms. The van der Waals surface area contributed by atoms with Crippen LogP contribution in [0.2, 0.25) is 0 Å². The number of aryl methyl sites for hydroxylation is 1. The average Bonchev–Trinajstić information content (AvgIpc) is 2.79. The van der Waals surface area contributed by atoms with Gasteiger partial charge in [0, 0.05) is 5.69 Å². The minimum Gasteiger partial charge on any atom is -0.458 e. The second-order valence-corrected chi connectivity index (χ2v) is 9.30. The van der Waals surface area contributed by atoms with Crippen molar-refractivity contribution in [1.82, 2.24) is 0 Å². The molecule has 0 heterocycles. The molecule has 0 saturated carbocycles. The van der Waals surface area contributed by atoms with Gasteiger partial charge in [-0.25, -0.2) is 0 Å². The largest absolute Gasteiger partial charge is 0.458 e. The van der Waals surface area contributed by atoms with E-state index in [1.807, 2.05) is 36.4 Å². The fourth-order valence-corrected chi connectivity index (χ4v) is 3.94. The molecule has 0 bridgehead atoms. The third kappa shape index (κ3) is 4.57. The lowest BCUT2D eigenvalue weighted by molar-refractivity contribution is 0.234. The Morgan fingerprint density at radius 3 is 1.88 bits per heavy atom. The van der Waals surface area contributed by atoms with Crippen LogP contribution < -0.4 is 15.2 Å². The lowest BCUT2D eigenvalue weighted by atomic mass is 9.60. The number of hydrogen-bond acceptors (Lipinski definition) is 3. The third-order valence-electron chi connectivity index (χ3n) is 6.72. The van der Waals surface area contributed by atoms with E-state index in [-0.39, 0.29) is 10.8 Å². The molecule has 0 saturated heterocycles. The summed E-state index contributed by atoms with van der Waals surface area (Å²) < 4.78 is 12.0. The topological polar surface area (TPSA) is 44.5 Å². The molecule has 0 radical (unpaired) electrons. The summed E-state index contributed by atoms with van der Waals surface area (Å²) in [7, 11) is 0. The van der Waals surface area contributed by atoms with Crippen LogP contribution in [-0.2, 0) is 5.41 Å². The van der Waals surface area contributed by atoms with Crippen LogP contribution in [0.3, 0.4) is 0 Å². The van der Waals surface area contributed by atoms with Crippen LogP contribution in [0.15, 0.2) is 96.8 Å². The minimum atomic E-state index is -0.0743. The van der Waals surface area contributed by atoms with Gasteiger partial charge in [-0.1, -0.05) is 56.7 Å². The molecule has 1 atom stereocenters. The summed E-state index contributed by atoms with van der Waals surface area (Å²) in [5.74, 6) is 3.35. The van der Waals surface area contributed by atoms with Gasteiger partial charge in [-0.3, -0.25) is 0 Å². The summed E-state index contributed by atoms with van der Waals surface area (Å²) in [6, 6.07) is 24.0. The van der Waals surface area contributed by atoms with Crippen LogP contribution in [0.25, 0.3) is 0 Å². The molecule has 1 aliphatic carbocycles. The molecule has 3 aromatic carbocycles. The molecule has 1 unspecified atom stereocenters. The molecule has 0 amide bonds. The zero-order valence-electron chi connectivity index (χ0n) is 19.3. The predicted octanol–water partition coefficient (Wildman–Crippen LogP) is 7.58. The summed E-state index contributed by atoms with van der Waals surface area (Å²) in [5.41, 5.74) is 8.87. The standard InChI is InChI=1S/C29H31NO2/c1-21-5-11-24(12-6-21)31-25-13-7-22(8-14-25)28(2,3)29(4)19-17-27(18-20-29)32-26-15-9-23(30)10-16-26/h5-19H,20,30H2,1-4H3. The Labute approximate surface area is 191 Å². The first kappa shape index (κ1) is 21.8. The van der Waals surface area contributed by atoms with Gasteiger partial charge >= 0.3 is 0 Å². The number of allylic oxidation sites excluding steroid dienone is 3. The SMILES string of the molecule is Cc1ccc(Oc2ccc(C(C)(C)C3(C)C=CC(Oc4ccc(N)cc4)=CC3)cc2)cc1. The Morgan fingerprint density at radius 2 is 1.31 bits per heavy atom. The first-order chi connectivity index (χ1) is 15.2. The van der Waals surface area contributed by atoms with E-state index in [0.29, 0.717) is 0 Å². The van der Waals surface area contributed by atoms with Gasteiger partial charge in [0.05, 0.1) is 0 Å². The summed E-state index contributed by atoms with van der Waals surface area (Å²) in [5, 5.41) is 0. The first-order valence-electron chi connectivity index (χ1n) is 11.0. The monoisotopic (exact) mass is 425 g/mol. The highest BCUT2D eigenvalue weighted by atomic mass is 16.5. The lowest BCUT2D eigenvalue weighted by Gasteiger charge is -2.44. The van der Waals surface area contributed by atoms with Gasteiger partial charge in [-0.05, 0) is 90.4 Å². The maximum atomic E-state index is 6.00. The molecule has 164 valence electrons. The number of ether oxygens (including phenoxy) is 2. The Morgan fingerprint density at radius 1 is 0.781 bits per heavy atom. The van der Waals surface area contributed by atoms with Gasteiger partial charge in [0.15, 0.2) is 0 Å². The Kier molecular flexibility index (Phi) is 5.84. The van der Waals surface area contributed by atoms with Crippen LogP contribution >= 0.6 is 0 Å². The Bertz CT molecular complexity index is 1120. The quantitative estimate of drug-likeness (QED) is 0.414. The van der Waals surface area contributed by atoms with Crippen molar-refractivity contribution in [2.75, 3.05) is 5.73 Å². The van der Waals surface area contributed by atoms with E-state index in [2.05, 4.69) is 82.3 Å². The minimum absolute atomic E-state index is 0.0414. The van der Waals surface area contributed by atoms with E-state index in [9.17, 15) is 0 Å². The van der Waals surface area contributed by atoms with Gasteiger partial charge in [-0.2, -0.15) is 0 Å². The smallest absolute Gasteiger partial charge is 0.127 e. The van der Waals surface area contributed by atoms with Crippen LogP contribution in [0.4, 0.5) is 5.69 Å². The van der Waals surface area contributed by atoms with Crippen molar-refractivity contribution in [2.45, 2.75) is 39.5 Å². The summed E-state index contributed by atoms with van der Waals surface area (Å²) in [6.45, 7) is 8.97. The predicted molar refractivity (Wildman–Crippen MR) is 132 cm³/mol. The van der Waals surface area contributed by atoms with Gasteiger partial charge in [0.1, 0.15) is 23.0 Å². The van der Waals surface area contributed by atoms with E-state index >= 15 is 0 Å². The van der Waals surface area contributed by atoms with E-state index in [1.165, 1.54) is 11.1 Å². The summed E-state index contributed by atoms with van der Waals surface area (Å²) in [4.78, 5) is 0. The van der Waals surface area contributed by atoms with Gasteiger partial charge in [0.2, 0.25) is 0 Å². The zero-order chi connectivity index (χ0) is 22.8. The molecule has 3 heteroatoms. The molecule has 0 aromatic heterocycles. The number of nitrogens with two attached hydrogens (primary N) is 1. The van der Waals surface area contributed by atoms with Crippen molar-refractivity contribution >= 4 is 5.69 Å². The number of nitrogen functional groups attached to an aromatic ring is 1. The highest BCUT2D eigenvalue weighted by Gasteiger charge is 2.40. The van der Waals surface area contributed by atoms with E-state index < -0.39 is 0 Å². The lowest BCUT2D eigenvalue weighted by Crippen LogP contribution is -2.38. The molecule has 1 aliphatic rings.